The van der Waals surface area contributed by atoms with Crippen LogP contribution in [0, 0.1) is 0 Å². The summed E-state index contributed by atoms with van der Waals surface area (Å²) in [6.07, 6.45) is 4.43. The number of rotatable bonds is 6. The highest BCUT2D eigenvalue weighted by molar-refractivity contribution is 6.00. The Labute approximate surface area is 166 Å². The summed E-state index contributed by atoms with van der Waals surface area (Å²) in [7, 11) is 0. The number of carbonyl (C=O) groups excluding carboxylic acids is 3. The van der Waals surface area contributed by atoms with E-state index in [1.807, 2.05) is 29.2 Å². The Morgan fingerprint density at radius 1 is 1.11 bits per heavy atom. The van der Waals surface area contributed by atoms with Crippen LogP contribution in [0.1, 0.15) is 45.4 Å². The van der Waals surface area contributed by atoms with Gasteiger partial charge in [0.25, 0.3) is 5.91 Å². The molecule has 1 atom stereocenters. The van der Waals surface area contributed by atoms with Crippen LogP contribution in [0.15, 0.2) is 24.3 Å². The first-order chi connectivity index (χ1) is 13.6. The van der Waals surface area contributed by atoms with E-state index in [2.05, 4.69) is 5.32 Å². The largest absolute Gasteiger partial charge is 0.479 e. The van der Waals surface area contributed by atoms with Crippen molar-refractivity contribution in [3.05, 3.63) is 24.3 Å². The zero-order valence-electron chi connectivity index (χ0n) is 16.5. The molecule has 0 spiro atoms. The molecule has 0 saturated carbocycles. The number of hydrogen-bond acceptors (Lipinski definition) is 4. The van der Waals surface area contributed by atoms with Gasteiger partial charge >= 0.3 is 0 Å². The highest BCUT2D eigenvalue weighted by atomic mass is 16.5. The molecule has 0 aromatic heterocycles. The number of anilines is 1. The minimum Gasteiger partial charge on any atom is -0.479 e. The number of para-hydroxylation sites is 2. The summed E-state index contributed by atoms with van der Waals surface area (Å²) in [5, 5.41) is 2.80. The lowest BCUT2D eigenvalue weighted by Gasteiger charge is -2.32. The number of amides is 3. The molecule has 152 valence electrons. The molecular formula is C21H29N3O4. The SMILES string of the molecule is CC1Oc2ccccc2N(CCC(=O)NCCC(=O)N2CCCCCC2)C1=O. The van der Waals surface area contributed by atoms with Crippen LogP contribution in [0.4, 0.5) is 5.69 Å². The van der Waals surface area contributed by atoms with E-state index in [-0.39, 0.29) is 30.7 Å². The molecule has 2 aliphatic heterocycles. The van der Waals surface area contributed by atoms with Crippen molar-refractivity contribution < 1.29 is 19.1 Å². The van der Waals surface area contributed by atoms with Gasteiger partial charge in [0.2, 0.25) is 11.8 Å². The Balaban J connectivity index is 1.44. The van der Waals surface area contributed by atoms with Crippen molar-refractivity contribution in [3.8, 4) is 5.75 Å². The number of nitrogens with one attached hydrogen (secondary N) is 1. The van der Waals surface area contributed by atoms with Crippen LogP contribution in [0.5, 0.6) is 5.75 Å². The quantitative estimate of drug-likeness (QED) is 0.811. The maximum absolute atomic E-state index is 12.4. The molecule has 1 saturated heterocycles. The summed E-state index contributed by atoms with van der Waals surface area (Å²) >= 11 is 0. The fourth-order valence-corrected chi connectivity index (χ4v) is 3.68. The molecule has 2 heterocycles. The summed E-state index contributed by atoms with van der Waals surface area (Å²) in [5.74, 6) is 0.447. The number of benzene rings is 1. The van der Waals surface area contributed by atoms with Gasteiger partial charge in [-0.3, -0.25) is 14.4 Å². The first kappa shape index (κ1) is 20.2. The molecule has 0 aliphatic carbocycles. The molecule has 1 aromatic carbocycles. The average molecular weight is 387 g/mol. The summed E-state index contributed by atoms with van der Waals surface area (Å²) in [5.41, 5.74) is 0.690. The van der Waals surface area contributed by atoms with Crippen LogP contribution in [0.2, 0.25) is 0 Å². The fourth-order valence-electron chi connectivity index (χ4n) is 3.68. The van der Waals surface area contributed by atoms with Crippen LogP contribution >= 0.6 is 0 Å². The zero-order chi connectivity index (χ0) is 19.9. The predicted octanol–water partition coefficient (Wildman–Crippen LogP) is 2.10. The predicted molar refractivity (Wildman–Crippen MR) is 106 cm³/mol. The van der Waals surface area contributed by atoms with E-state index in [0.29, 0.717) is 24.4 Å². The lowest BCUT2D eigenvalue weighted by atomic mass is 10.1. The van der Waals surface area contributed by atoms with Gasteiger partial charge in [-0.25, -0.2) is 0 Å². The Bertz CT molecular complexity index is 713. The van der Waals surface area contributed by atoms with Crippen LogP contribution < -0.4 is 15.0 Å². The van der Waals surface area contributed by atoms with Crippen molar-refractivity contribution in [1.29, 1.82) is 0 Å². The Hall–Kier alpha value is -2.57. The van der Waals surface area contributed by atoms with Crippen molar-refractivity contribution in [2.45, 2.75) is 51.6 Å². The van der Waals surface area contributed by atoms with Gasteiger partial charge in [0, 0.05) is 39.0 Å². The maximum atomic E-state index is 12.4. The van der Waals surface area contributed by atoms with E-state index in [1.54, 1.807) is 11.8 Å². The lowest BCUT2D eigenvalue weighted by Crippen LogP contribution is -2.46. The summed E-state index contributed by atoms with van der Waals surface area (Å²) in [6, 6.07) is 7.33. The normalized spacial score (nSPS) is 19.5. The molecule has 1 aromatic rings. The molecule has 3 rings (SSSR count). The first-order valence-electron chi connectivity index (χ1n) is 10.2. The second-order valence-corrected chi connectivity index (χ2v) is 7.36. The number of nitrogens with zero attached hydrogens (tertiary/aromatic N) is 2. The standard InChI is InChI=1S/C21H29N3O4/c1-16-21(27)24(17-8-4-5-9-18(17)28-16)15-11-19(25)22-12-10-20(26)23-13-6-2-3-7-14-23/h4-5,8-9,16H,2-3,6-7,10-15H2,1H3,(H,22,25). The van der Waals surface area contributed by atoms with E-state index in [9.17, 15) is 14.4 Å². The van der Waals surface area contributed by atoms with Gasteiger partial charge in [-0.2, -0.15) is 0 Å². The molecule has 2 aliphatic rings. The van der Waals surface area contributed by atoms with Crippen molar-refractivity contribution in [3.63, 3.8) is 0 Å². The zero-order valence-corrected chi connectivity index (χ0v) is 16.5. The molecule has 1 unspecified atom stereocenters. The van der Waals surface area contributed by atoms with E-state index in [0.717, 1.165) is 25.9 Å². The molecule has 7 nitrogen and oxygen atoms in total. The smallest absolute Gasteiger partial charge is 0.267 e. The van der Waals surface area contributed by atoms with Gasteiger partial charge < -0.3 is 19.9 Å². The third-order valence-corrected chi connectivity index (χ3v) is 5.26. The highest BCUT2D eigenvalue weighted by Crippen LogP contribution is 2.33. The monoisotopic (exact) mass is 387 g/mol. The number of fused-ring (bicyclic) bond motifs is 1. The number of carbonyl (C=O) groups is 3. The molecule has 1 fully saturated rings. The summed E-state index contributed by atoms with van der Waals surface area (Å²) in [6.45, 7) is 3.97. The van der Waals surface area contributed by atoms with Gasteiger partial charge in [-0.1, -0.05) is 25.0 Å². The van der Waals surface area contributed by atoms with Crippen molar-refractivity contribution in [2.75, 3.05) is 31.1 Å². The van der Waals surface area contributed by atoms with E-state index >= 15 is 0 Å². The fraction of sp³-hybridized carbons (Fsp3) is 0.571. The van der Waals surface area contributed by atoms with Gasteiger partial charge in [0.05, 0.1) is 5.69 Å². The Kier molecular flexibility index (Phi) is 6.90. The van der Waals surface area contributed by atoms with Crippen molar-refractivity contribution in [2.24, 2.45) is 0 Å². The van der Waals surface area contributed by atoms with Crippen LogP contribution in [-0.4, -0.2) is 54.9 Å². The number of likely N-dealkylation sites (tertiary alicyclic amines) is 1. The Morgan fingerprint density at radius 2 is 1.82 bits per heavy atom. The lowest BCUT2D eigenvalue weighted by molar-refractivity contribution is -0.131. The van der Waals surface area contributed by atoms with E-state index in [4.69, 9.17) is 4.74 Å². The second-order valence-electron chi connectivity index (χ2n) is 7.36. The van der Waals surface area contributed by atoms with E-state index < -0.39 is 6.10 Å². The molecule has 28 heavy (non-hydrogen) atoms. The molecule has 7 heteroatoms. The summed E-state index contributed by atoms with van der Waals surface area (Å²) in [4.78, 5) is 40.4. The van der Waals surface area contributed by atoms with Crippen LogP contribution in [0.3, 0.4) is 0 Å². The van der Waals surface area contributed by atoms with E-state index in [1.165, 1.54) is 12.8 Å². The third kappa shape index (κ3) is 5.03. The summed E-state index contributed by atoms with van der Waals surface area (Å²) < 4.78 is 5.60. The molecule has 3 amide bonds. The number of ether oxygens (including phenoxy) is 1. The Morgan fingerprint density at radius 3 is 2.57 bits per heavy atom. The average Bonchev–Trinajstić information content (AvgIpc) is 2.98. The van der Waals surface area contributed by atoms with Crippen LogP contribution in [0.25, 0.3) is 0 Å². The molecule has 0 radical (unpaired) electrons. The topological polar surface area (TPSA) is 79.0 Å². The minimum atomic E-state index is -0.566. The molecular weight excluding hydrogens is 358 g/mol. The van der Waals surface area contributed by atoms with Gasteiger partial charge in [0.15, 0.2) is 6.10 Å². The first-order valence-corrected chi connectivity index (χ1v) is 10.2. The third-order valence-electron chi connectivity index (χ3n) is 5.26. The van der Waals surface area contributed by atoms with Crippen LogP contribution in [-0.2, 0) is 14.4 Å². The molecule has 0 bridgehead atoms. The molecule has 1 N–H and O–H groups in total. The maximum Gasteiger partial charge on any atom is 0.267 e. The van der Waals surface area contributed by atoms with Gasteiger partial charge in [-0.15, -0.1) is 0 Å². The number of hydrogen-bond donors (Lipinski definition) is 1. The minimum absolute atomic E-state index is 0.105. The second kappa shape index (κ2) is 9.57. The highest BCUT2D eigenvalue weighted by Gasteiger charge is 2.31. The van der Waals surface area contributed by atoms with Crippen molar-refractivity contribution in [1.82, 2.24) is 10.2 Å². The van der Waals surface area contributed by atoms with Gasteiger partial charge in [0.1, 0.15) is 5.75 Å². The van der Waals surface area contributed by atoms with Crippen molar-refractivity contribution >= 4 is 23.4 Å². The van der Waals surface area contributed by atoms with Gasteiger partial charge in [-0.05, 0) is 31.9 Å².